The lowest BCUT2D eigenvalue weighted by Gasteiger charge is -2.33. The molecule has 43 heavy (non-hydrogen) atoms. The first-order chi connectivity index (χ1) is 20.5. The molecule has 1 saturated heterocycles. The molecule has 1 aliphatic heterocycles. The van der Waals surface area contributed by atoms with Crippen molar-refractivity contribution in [1.29, 1.82) is 0 Å². The number of nitrogens with two attached hydrogens (primary N) is 1. The predicted molar refractivity (Wildman–Crippen MR) is 164 cm³/mol. The van der Waals surface area contributed by atoms with Crippen LogP contribution in [0.4, 0.5) is 19.0 Å². The number of rotatable bonds is 6. The maximum absolute atomic E-state index is 14.0. The summed E-state index contributed by atoms with van der Waals surface area (Å²) in [5.41, 5.74) is 9.28. The zero-order valence-corrected chi connectivity index (χ0v) is 24.3. The van der Waals surface area contributed by atoms with E-state index < -0.39 is 11.7 Å². The lowest BCUT2D eigenvalue weighted by atomic mass is 9.97. The molecule has 0 aliphatic carbocycles. The number of piperazine rings is 1. The van der Waals surface area contributed by atoms with Crippen LogP contribution in [0.15, 0.2) is 79.0 Å². The van der Waals surface area contributed by atoms with E-state index in [1.165, 1.54) is 6.07 Å². The molecule has 0 spiro atoms. The van der Waals surface area contributed by atoms with Gasteiger partial charge in [-0.15, -0.1) is 0 Å². The number of ketones is 1. The zero-order chi connectivity index (χ0) is 30.6. The Hall–Kier alpha value is -4.16. The van der Waals surface area contributed by atoms with Crippen LogP contribution < -0.4 is 5.73 Å². The van der Waals surface area contributed by atoms with Gasteiger partial charge in [0, 0.05) is 67.1 Å². The van der Waals surface area contributed by atoms with Crippen molar-refractivity contribution in [2.24, 2.45) is 0 Å². The third-order valence-electron chi connectivity index (χ3n) is 7.48. The molecule has 3 aromatic carbocycles. The highest BCUT2D eigenvalue weighted by molar-refractivity contribution is 6.30. The molecular weight excluding hydrogens is 573 g/mol. The van der Waals surface area contributed by atoms with Crippen LogP contribution in [0.1, 0.15) is 38.2 Å². The highest BCUT2D eigenvalue weighted by atomic mass is 35.5. The minimum absolute atomic E-state index is 0.136. The molecule has 5 nitrogen and oxygen atoms in total. The highest BCUT2D eigenvalue weighted by Gasteiger charge is 2.34. The number of halogens is 4. The van der Waals surface area contributed by atoms with Gasteiger partial charge >= 0.3 is 6.18 Å². The van der Waals surface area contributed by atoms with Gasteiger partial charge in [0.25, 0.3) is 0 Å². The van der Waals surface area contributed by atoms with Crippen LogP contribution in [0.3, 0.4) is 0 Å². The first kappa shape index (κ1) is 30.3. The van der Waals surface area contributed by atoms with Gasteiger partial charge in [-0.25, -0.2) is 4.98 Å². The number of Topliss-reactive ketones (excluding diaryl/α,β-unsaturated/α-hetero) is 1. The molecule has 1 aromatic heterocycles. The van der Waals surface area contributed by atoms with Crippen molar-refractivity contribution in [2.75, 3.05) is 39.0 Å². The van der Waals surface area contributed by atoms with Gasteiger partial charge in [0.05, 0.1) is 11.1 Å². The molecule has 2 N–H and O–H groups in total. The lowest BCUT2D eigenvalue weighted by molar-refractivity contribution is -0.138. The SMILES string of the molecule is CN1CCN(Cc2ccc(CC(=O)c3ccc(C#Cc4cc(-c5ccc(Cl)cc5)cnc4N)cc3)cc2C(F)(F)F)CC1. The van der Waals surface area contributed by atoms with Crippen molar-refractivity contribution in [3.63, 3.8) is 0 Å². The standard InChI is InChI=1S/C34H30ClF3N4O/c1-41-14-16-42(17-15-41)22-28-9-5-24(18-31(28)34(36,37)38)19-32(43)26-6-2-23(3-7-26)4-8-27-20-29(21-40-33(27)39)25-10-12-30(35)13-11-25/h2-3,5-7,9-13,18,20-21H,14-17,19,22H2,1H3,(H2,39,40). The van der Waals surface area contributed by atoms with Gasteiger partial charge in [0.1, 0.15) is 5.82 Å². The number of aromatic nitrogens is 1. The second kappa shape index (κ2) is 13.0. The Kier molecular flexibility index (Phi) is 9.16. The molecule has 0 saturated carbocycles. The van der Waals surface area contributed by atoms with Crippen LogP contribution >= 0.6 is 11.6 Å². The van der Waals surface area contributed by atoms with Crippen LogP contribution in [-0.4, -0.2) is 53.8 Å². The van der Waals surface area contributed by atoms with Gasteiger partial charge in [-0.05, 0) is 60.1 Å². The number of nitrogen functional groups attached to an aromatic ring is 1. The zero-order valence-electron chi connectivity index (χ0n) is 23.6. The molecular formula is C34H30ClF3N4O. The Balaban J connectivity index is 1.27. The summed E-state index contributed by atoms with van der Waals surface area (Å²) in [5, 5.41) is 0.634. The number of hydrogen-bond donors (Lipinski definition) is 1. The van der Waals surface area contributed by atoms with Gasteiger partial charge < -0.3 is 10.6 Å². The van der Waals surface area contributed by atoms with E-state index in [0.29, 0.717) is 46.2 Å². The number of likely N-dealkylation sites (N-methyl/N-ethyl adjacent to an activating group) is 1. The molecule has 220 valence electrons. The van der Waals surface area contributed by atoms with Gasteiger partial charge in [-0.2, -0.15) is 13.2 Å². The number of carbonyl (C=O) groups is 1. The number of pyridine rings is 1. The molecule has 2 heterocycles. The summed E-state index contributed by atoms with van der Waals surface area (Å²) in [6, 6.07) is 20.1. The monoisotopic (exact) mass is 602 g/mol. The van der Waals surface area contributed by atoms with E-state index in [1.54, 1.807) is 48.7 Å². The number of carbonyl (C=O) groups excluding carboxylic acids is 1. The third kappa shape index (κ3) is 7.82. The fourth-order valence-electron chi connectivity index (χ4n) is 4.92. The molecule has 0 radical (unpaired) electrons. The summed E-state index contributed by atoms with van der Waals surface area (Å²) in [5.74, 6) is 6.09. The molecule has 1 aliphatic rings. The summed E-state index contributed by atoms with van der Waals surface area (Å²) in [7, 11) is 2.00. The fraction of sp³-hybridized carbons (Fsp3) is 0.235. The van der Waals surface area contributed by atoms with Crippen LogP contribution in [0, 0.1) is 11.8 Å². The van der Waals surface area contributed by atoms with Crippen molar-refractivity contribution in [3.8, 4) is 23.0 Å². The summed E-state index contributed by atoms with van der Waals surface area (Å²) in [6.45, 7) is 3.30. The summed E-state index contributed by atoms with van der Waals surface area (Å²) < 4.78 is 41.9. The first-order valence-corrected chi connectivity index (χ1v) is 14.2. The average molecular weight is 603 g/mol. The quantitative estimate of drug-likeness (QED) is 0.200. The Bertz CT molecular complexity index is 1670. The summed E-state index contributed by atoms with van der Waals surface area (Å²) in [6.07, 6.45) is -2.97. The van der Waals surface area contributed by atoms with Crippen molar-refractivity contribution >= 4 is 23.2 Å². The largest absolute Gasteiger partial charge is 0.416 e. The minimum atomic E-state index is -4.51. The Labute approximate surface area is 254 Å². The van der Waals surface area contributed by atoms with Crippen molar-refractivity contribution in [3.05, 3.63) is 117 Å². The van der Waals surface area contributed by atoms with E-state index in [2.05, 4.69) is 21.7 Å². The Morgan fingerprint density at radius 2 is 1.63 bits per heavy atom. The topological polar surface area (TPSA) is 62.5 Å². The van der Waals surface area contributed by atoms with Crippen molar-refractivity contribution < 1.29 is 18.0 Å². The predicted octanol–water partition coefficient (Wildman–Crippen LogP) is 6.58. The number of nitrogens with zero attached hydrogens (tertiary/aromatic N) is 3. The lowest BCUT2D eigenvalue weighted by Crippen LogP contribution is -2.44. The highest BCUT2D eigenvalue weighted by Crippen LogP contribution is 2.34. The van der Waals surface area contributed by atoms with Crippen LogP contribution in [0.25, 0.3) is 11.1 Å². The molecule has 4 aromatic rings. The summed E-state index contributed by atoms with van der Waals surface area (Å²) >= 11 is 5.98. The van der Waals surface area contributed by atoms with E-state index in [9.17, 15) is 18.0 Å². The van der Waals surface area contributed by atoms with Gasteiger partial charge in [-0.1, -0.05) is 59.8 Å². The number of anilines is 1. The van der Waals surface area contributed by atoms with E-state index in [4.69, 9.17) is 17.3 Å². The number of hydrogen-bond acceptors (Lipinski definition) is 5. The van der Waals surface area contributed by atoms with E-state index in [1.807, 2.05) is 30.1 Å². The van der Waals surface area contributed by atoms with Crippen LogP contribution in [0.5, 0.6) is 0 Å². The molecule has 0 unspecified atom stereocenters. The molecule has 1 fully saturated rings. The number of benzene rings is 3. The van der Waals surface area contributed by atoms with E-state index >= 15 is 0 Å². The van der Waals surface area contributed by atoms with Crippen LogP contribution in [-0.2, 0) is 19.1 Å². The first-order valence-electron chi connectivity index (χ1n) is 13.8. The van der Waals surface area contributed by atoms with Gasteiger partial charge in [0.15, 0.2) is 5.78 Å². The van der Waals surface area contributed by atoms with Crippen LogP contribution in [0.2, 0.25) is 5.02 Å². The summed E-state index contributed by atoms with van der Waals surface area (Å²) in [4.78, 5) is 21.4. The van der Waals surface area contributed by atoms with Crippen molar-refractivity contribution in [2.45, 2.75) is 19.1 Å². The Morgan fingerprint density at radius 3 is 2.30 bits per heavy atom. The number of alkyl halides is 3. The maximum Gasteiger partial charge on any atom is 0.416 e. The van der Waals surface area contributed by atoms with E-state index in [-0.39, 0.29) is 24.3 Å². The normalized spacial score (nSPS) is 14.3. The molecule has 0 amide bonds. The Morgan fingerprint density at radius 1 is 0.930 bits per heavy atom. The second-order valence-corrected chi connectivity index (χ2v) is 11.1. The van der Waals surface area contributed by atoms with Crippen molar-refractivity contribution in [1.82, 2.24) is 14.8 Å². The maximum atomic E-state index is 14.0. The second-order valence-electron chi connectivity index (χ2n) is 10.7. The molecule has 0 atom stereocenters. The molecule has 9 heteroatoms. The van der Waals surface area contributed by atoms with E-state index in [0.717, 1.165) is 30.3 Å². The van der Waals surface area contributed by atoms with Gasteiger partial charge in [-0.3, -0.25) is 9.69 Å². The van der Waals surface area contributed by atoms with Gasteiger partial charge in [0.2, 0.25) is 0 Å². The molecule has 0 bridgehead atoms. The average Bonchev–Trinajstić information content (AvgIpc) is 2.99. The molecule has 5 rings (SSSR count). The smallest absolute Gasteiger partial charge is 0.383 e. The fourth-order valence-corrected chi connectivity index (χ4v) is 5.05. The minimum Gasteiger partial charge on any atom is -0.383 e. The third-order valence-corrected chi connectivity index (χ3v) is 7.73.